The van der Waals surface area contributed by atoms with Crippen LogP contribution in [0.1, 0.15) is 16.1 Å². The molecule has 132 valence electrons. The van der Waals surface area contributed by atoms with E-state index < -0.39 is 0 Å². The van der Waals surface area contributed by atoms with Gasteiger partial charge in [0.25, 0.3) is 5.91 Å². The van der Waals surface area contributed by atoms with Crippen LogP contribution in [0.3, 0.4) is 0 Å². The minimum absolute atomic E-state index is 0.250. The van der Waals surface area contributed by atoms with E-state index in [1.807, 2.05) is 6.07 Å². The van der Waals surface area contributed by atoms with Crippen LogP contribution in [-0.4, -0.2) is 60.8 Å². The predicted octanol–water partition coefficient (Wildman–Crippen LogP) is 1.34. The Balaban J connectivity index is 1.49. The fourth-order valence-corrected chi connectivity index (χ4v) is 2.71. The molecule has 0 atom stereocenters. The molecule has 0 bridgehead atoms. The standard InChI is InChI=1S/C18H22FN5O/c1-23-10-12-24(13-11-23)17-7-6-16(21-22-17)18(25)20-9-8-14-2-4-15(19)5-3-14/h2-7H,8-13H2,1H3,(H,20,25). The molecule has 1 aromatic heterocycles. The van der Waals surface area contributed by atoms with Crippen LogP contribution in [-0.2, 0) is 6.42 Å². The fraction of sp³-hybridized carbons (Fsp3) is 0.389. The Kier molecular flexibility index (Phi) is 5.55. The van der Waals surface area contributed by atoms with Crippen molar-refractivity contribution < 1.29 is 9.18 Å². The Hall–Kier alpha value is -2.54. The Labute approximate surface area is 146 Å². The molecule has 1 amide bonds. The number of likely N-dealkylation sites (N-methyl/N-ethyl adjacent to an activating group) is 1. The van der Waals surface area contributed by atoms with Gasteiger partial charge in [0.2, 0.25) is 0 Å². The number of carbonyl (C=O) groups excluding carboxylic acids is 1. The van der Waals surface area contributed by atoms with Gasteiger partial charge in [-0.3, -0.25) is 4.79 Å². The minimum atomic E-state index is -0.261. The molecule has 0 unspecified atom stereocenters. The lowest BCUT2D eigenvalue weighted by Crippen LogP contribution is -2.44. The summed E-state index contributed by atoms with van der Waals surface area (Å²) < 4.78 is 12.9. The smallest absolute Gasteiger partial charge is 0.271 e. The molecule has 1 saturated heterocycles. The maximum atomic E-state index is 12.9. The van der Waals surface area contributed by atoms with E-state index in [4.69, 9.17) is 0 Å². The summed E-state index contributed by atoms with van der Waals surface area (Å²) in [6, 6.07) is 9.80. The number of anilines is 1. The molecule has 7 heteroatoms. The molecule has 1 aliphatic heterocycles. The summed E-state index contributed by atoms with van der Waals surface area (Å²) in [5.74, 6) is 0.291. The molecule has 1 aliphatic rings. The van der Waals surface area contributed by atoms with Crippen LogP contribution < -0.4 is 10.2 Å². The molecule has 0 aliphatic carbocycles. The molecule has 1 N–H and O–H groups in total. The van der Waals surface area contributed by atoms with Gasteiger partial charge in [0.15, 0.2) is 11.5 Å². The molecule has 0 radical (unpaired) electrons. The Bertz CT molecular complexity index is 696. The molecule has 25 heavy (non-hydrogen) atoms. The van der Waals surface area contributed by atoms with Crippen molar-refractivity contribution in [2.45, 2.75) is 6.42 Å². The number of hydrogen-bond donors (Lipinski definition) is 1. The second-order valence-electron chi connectivity index (χ2n) is 6.20. The molecule has 0 spiro atoms. The fourth-order valence-electron chi connectivity index (χ4n) is 2.71. The number of hydrogen-bond acceptors (Lipinski definition) is 5. The Morgan fingerprint density at radius 3 is 2.44 bits per heavy atom. The van der Waals surface area contributed by atoms with E-state index in [1.54, 1.807) is 18.2 Å². The zero-order valence-electron chi connectivity index (χ0n) is 14.3. The number of benzene rings is 1. The predicted molar refractivity (Wildman–Crippen MR) is 94.2 cm³/mol. The number of nitrogens with zero attached hydrogens (tertiary/aromatic N) is 4. The number of piperazine rings is 1. The lowest BCUT2D eigenvalue weighted by molar-refractivity contribution is 0.0948. The van der Waals surface area contributed by atoms with Crippen molar-refractivity contribution in [3.63, 3.8) is 0 Å². The van der Waals surface area contributed by atoms with E-state index in [9.17, 15) is 9.18 Å². The van der Waals surface area contributed by atoms with Gasteiger partial charge in [-0.25, -0.2) is 4.39 Å². The summed E-state index contributed by atoms with van der Waals surface area (Å²) in [5.41, 5.74) is 1.27. The van der Waals surface area contributed by atoms with Crippen LogP contribution in [0.25, 0.3) is 0 Å². The van der Waals surface area contributed by atoms with Crippen molar-refractivity contribution in [2.75, 3.05) is 44.7 Å². The van der Waals surface area contributed by atoms with Gasteiger partial charge in [-0.2, -0.15) is 0 Å². The summed E-state index contributed by atoms with van der Waals surface area (Å²) in [5, 5.41) is 11.0. The summed E-state index contributed by atoms with van der Waals surface area (Å²) in [6.45, 7) is 4.27. The topological polar surface area (TPSA) is 61.4 Å². The number of carbonyl (C=O) groups is 1. The zero-order valence-corrected chi connectivity index (χ0v) is 14.3. The number of rotatable bonds is 5. The summed E-state index contributed by atoms with van der Waals surface area (Å²) in [6.07, 6.45) is 0.638. The maximum Gasteiger partial charge on any atom is 0.271 e. The van der Waals surface area contributed by atoms with E-state index in [0.717, 1.165) is 37.6 Å². The number of halogens is 1. The molecule has 0 saturated carbocycles. The van der Waals surface area contributed by atoms with Gasteiger partial charge in [-0.15, -0.1) is 10.2 Å². The largest absolute Gasteiger partial charge is 0.353 e. The van der Waals surface area contributed by atoms with Gasteiger partial charge in [-0.05, 0) is 43.3 Å². The van der Waals surface area contributed by atoms with E-state index in [-0.39, 0.29) is 11.7 Å². The molecule has 1 fully saturated rings. The first kappa shape index (κ1) is 17.3. The summed E-state index contributed by atoms with van der Waals surface area (Å²) >= 11 is 0. The molecular weight excluding hydrogens is 321 g/mol. The molecular formula is C18H22FN5O. The van der Waals surface area contributed by atoms with E-state index in [0.29, 0.717) is 18.7 Å². The second kappa shape index (κ2) is 8.02. The van der Waals surface area contributed by atoms with E-state index in [1.165, 1.54) is 12.1 Å². The third kappa shape index (κ3) is 4.73. The van der Waals surface area contributed by atoms with E-state index in [2.05, 4.69) is 32.4 Å². The van der Waals surface area contributed by atoms with Crippen LogP contribution in [0.5, 0.6) is 0 Å². The van der Waals surface area contributed by atoms with Crippen molar-refractivity contribution in [2.24, 2.45) is 0 Å². The van der Waals surface area contributed by atoms with Crippen LogP contribution in [0, 0.1) is 5.82 Å². The molecule has 6 nitrogen and oxygen atoms in total. The Morgan fingerprint density at radius 2 is 1.80 bits per heavy atom. The van der Waals surface area contributed by atoms with Crippen LogP contribution in [0.4, 0.5) is 10.2 Å². The maximum absolute atomic E-state index is 12.9. The lowest BCUT2D eigenvalue weighted by Gasteiger charge is -2.32. The average molecular weight is 343 g/mol. The summed E-state index contributed by atoms with van der Waals surface area (Å²) in [4.78, 5) is 16.6. The van der Waals surface area contributed by atoms with Crippen molar-refractivity contribution in [3.05, 3.63) is 53.5 Å². The van der Waals surface area contributed by atoms with Gasteiger partial charge in [0.1, 0.15) is 5.82 Å². The van der Waals surface area contributed by atoms with Crippen molar-refractivity contribution in [3.8, 4) is 0 Å². The van der Waals surface area contributed by atoms with Crippen LogP contribution in [0.2, 0.25) is 0 Å². The quantitative estimate of drug-likeness (QED) is 0.888. The first-order valence-corrected chi connectivity index (χ1v) is 8.42. The van der Waals surface area contributed by atoms with Crippen LogP contribution in [0.15, 0.2) is 36.4 Å². The highest BCUT2D eigenvalue weighted by Gasteiger charge is 2.16. The van der Waals surface area contributed by atoms with Gasteiger partial charge >= 0.3 is 0 Å². The zero-order chi connectivity index (χ0) is 17.6. The van der Waals surface area contributed by atoms with Gasteiger partial charge in [0.05, 0.1) is 0 Å². The highest BCUT2D eigenvalue weighted by atomic mass is 19.1. The molecule has 1 aromatic carbocycles. The Morgan fingerprint density at radius 1 is 1.08 bits per heavy atom. The van der Waals surface area contributed by atoms with Crippen molar-refractivity contribution in [1.82, 2.24) is 20.4 Å². The first-order chi connectivity index (χ1) is 12.1. The van der Waals surface area contributed by atoms with Gasteiger partial charge in [-0.1, -0.05) is 12.1 Å². The molecule has 2 aromatic rings. The van der Waals surface area contributed by atoms with Gasteiger partial charge < -0.3 is 15.1 Å². The number of nitrogens with one attached hydrogen (secondary N) is 1. The highest BCUT2D eigenvalue weighted by molar-refractivity contribution is 5.92. The lowest BCUT2D eigenvalue weighted by atomic mass is 10.1. The van der Waals surface area contributed by atoms with Crippen molar-refractivity contribution in [1.29, 1.82) is 0 Å². The normalized spacial score (nSPS) is 15.2. The molecule has 3 rings (SSSR count). The van der Waals surface area contributed by atoms with Crippen molar-refractivity contribution >= 4 is 11.7 Å². The highest BCUT2D eigenvalue weighted by Crippen LogP contribution is 2.12. The first-order valence-electron chi connectivity index (χ1n) is 8.42. The van der Waals surface area contributed by atoms with Gasteiger partial charge in [0, 0.05) is 32.7 Å². The third-order valence-corrected chi connectivity index (χ3v) is 4.32. The number of amides is 1. The monoisotopic (exact) mass is 343 g/mol. The molecule has 2 heterocycles. The van der Waals surface area contributed by atoms with E-state index >= 15 is 0 Å². The SMILES string of the molecule is CN1CCN(c2ccc(C(=O)NCCc3ccc(F)cc3)nn2)CC1. The average Bonchev–Trinajstić information content (AvgIpc) is 2.64. The van der Waals surface area contributed by atoms with Crippen LogP contribution >= 0.6 is 0 Å². The summed E-state index contributed by atoms with van der Waals surface area (Å²) in [7, 11) is 2.10. The number of aromatic nitrogens is 2. The minimum Gasteiger partial charge on any atom is -0.353 e. The second-order valence-corrected chi connectivity index (χ2v) is 6.20. The third-order valence-electron chi connectivity index (χ3n) is 4.32.